The second-order valence-electron chi connectivity index (χ2n) is 7.46. The molecule has 1 aromatic heterocycles. The van der Waals surface area contributed by atoms with Crippen LogP contribution in [0.5, 0.6) is 0 Å². The third-order valence-corrected chi connectivity index (χ3v) is 5.93. The zero-order valence-corrected chi connectivity index (χ0v) is 14.8. The molecule has 3 heterocycles. The maximum atomic E-state index is 12.9. The minimum Gasteiger partial charge on any atom is -0.361 e. The Hall–Kier alpha value is -2.59. The molecule has 1 amide bonds. The zero-order chi connectivity index (χ0) is 17.5. The molecule has 26 heavy (non-hydrogen) atoms. The lowest BCUT2D eigenvalue weighted by Gasteiger charge is -2.33. The molecule has 2 aliphatic heterocycles. The van der Waals surface area contributed by atoms with Gasteiger partial charge in [-0.1, -0.05) is 30.3 Å². The van der Waals surface area contributed by atoms with Crippen molar-refractivity contribution in [3.63, 3.8) is 0 Å². The number of benzene rings is 2. The molecule has 5 rings (SSSR count). The molecule has 0 radical (unpaired) electrons. The number of hydrogen-bond donors (Lipinski definition) is 1. The molecular formula is C22H23N3O. The van der Waals surface area contributed by atoms with E-state index < -0.39 is 0 Å². The number of carbonyl (C=O) groups is 1. The van der Waals surface area contributed by atoms with Crippen molar-refractivity contribution < 1.29 is 4.79 Å². The lowest BCUT2D eigenvalue weighted by Crippen LogP contribution is -2.41. The van der Waals surface area contributed by atoms with Crippen LogP contribution in [-0.4, -0.2) is 46.4 Å². The number of aromatic amines is 1. The van der Waals surface area contributed by atoms with Crippen molar-refractivity contribution in [2.45, 2.75) is 25.4 Å². The molecule has 1 saturated heterocycles. The number of amides is 1. The molecule has 1 fully saturated rings. The number of carbonyl (C=O) groups excluding carboxylic acids is 1. The Morgan fingerprint density at radius 2 is 1.92 bits per heavy atom. The molecule has 4 nitrogen and oxygen atoms in total. The van der Waals surface area contributed by atoms with Gasteiger partial charge in [-0.25, -0.2) is 0 Å². The third-order valence-electron chi connectivity index (χ3n) is 5.93. The summed E-state index contributed by atoms with van der Waals surface area (Å²) in [6.07, 6.45) is 4.10. The van der Waals surface area contributed by atoms with E-state index in [0.29, 0.717) is 6.04 Å². The van der Waals surface area contributed by atoms with Gasteiger partial charge in [-0.05, 0) is 47.6 Å². The van der Waals surface area contributed by atoms with E-state index in [2.05, 4.69) is 34.1 Å². The minimum atomic E-state index is 0.154. The first kappa shape index (κ1) is 15.6. The van der Waals surface area contributed by atoms with Crippen LogP contribution in [0.4, 0.5) is 0 Å². The molecular weight excluding hydrogens is 322 g/mol. The number of aromatic nitrogens is 1. The highest BCUT2D eigenvalue weighted by molar-refractivity contribution is 5.98. The van der Waals surface area contributed by atoms with Crippen LogP contribution in [0.2, 0.25) is 0 Å². The molecule has 0 saturated carbocycles. The summed E-state index contributed by atoms with van der Waals surface area (Å²) >= 11 is 0. The smallest absolute Gasteiger partial charge is 0.253 e. The third kappa shape index (κ3) is 2.71. The lowest BCUT2D eigenvalue weighted by atomic mass is 9.98. The van der Waals surface area contributed by atoms with Crippen LogP contribution in [0.15, 0.2) is 54.7 Å². The Morgan fingerprint density at radius 1 is 1.04 bits per heavy atom. The second-order valence-corrected chi connectivity index (χ2v) is 7.46. The standard InChI is InChI=1S/C22H23N3O/c26-22(18-6-5-17-7-10-23-21(17)13-18)25-12-9-20(15-25)24-11-8-16-3-1-2-4-19(16)14-24/h1-7,10,13,20,23H,8-9,11-12,14-15H2. The topological polar surface area (TPSA) is 39.3 Å². The summed E-state index contributed by atoms with van der Waals surface area (Å²) in [7, 11) is 0. The molecule has 4 heteroatoms. The van der Waals surface area contributed by atoms with Crippen LogP contribution in [0.1, 0.15) is 27.9 Å². The monoisotopic (exact) mass is 345 g/mol. The van der Waals surface area contributed by atoms with Crippen molar-refractivity contribution in [3.05, 3.63) is 71.4 Å². The maximum Gasteiger partial charge on any atom is 0.253 e. The summed E-state index contributed by atoms with van der Waals surface area (Å²) in [5.74, 6) is 0.154. The van der Waals surface area contributed by atoms with E-state index in [9.17, 15) is 4.79 Å². The van der Waals surface area contributed by atoms with Gasteiger partial charge < -0.3 is 9.88 Å². The van der Waals surface area contributed by atoms with E-state index in [4.69, 9.17) is 0 Å². The van der Waals surface area contributed by atoms with E-state index in [1.165, 1.54) is 11.1 Å². The van der Waals surface area contributed by atoms with E-state index in [1.807, 2.05) is 35.4 Å². The number of likely N-dealkylation sites (tertiary alicyclic amines) is 1. The van der Waals surface area contributed by atoms with Gasteiger partial charge in [0.2, 0.25) is 0 Å². The van der Waals surface area contributed by atoms with Gasteiger partial charge in [0.25, 0.3) is 5.91 Å². The highest BCUT2D eigenvalue weighted by Crippen LogP contribution is 2.25. The van der Waals surface area contributed by atoms with Crippen molar-refractivity contribution in [3.8, 4) is 0 Å². The zero-order valence-electron chi connectivity index (χ0n) is 14.8. The van der Waals surface area contributed by atoms with E-state index in [-0.39, 0.29) is 5.91 Å². The lowest BCUT2D eigenvalue weighted by molar-refractivity contribution is 0.0773. The van der Waals surface area contributed by atoms with Gasteiger partial charge in [-0.3, -0.25) is 9.69 Å². The number of nitrogens with one attached hydrogen (secondary N) is 1. The van der Waals surface area contributed by atoms with Gasteiger partial charge in [-0.2, -0.15) is 0 Å². The predicted octanol–water partition coefficient (Wildman–Crippen LogP) is 3.44. The summed E-state index contributed by atoms with van der Waals surface area (Å²) in [6, 6.07) is 17.2. The Morgan fingerprint density at radius 3 is 2.85 bits per heavy atom. The fourth-order valence-electron chi connectivity index (χ4n) is 4.42. The molecule has 2 aromatic carbocycles. The van der Waals surface area contributed by atoms with Crippen molar-refractivity contribution >= 4 is 16.8 Å². The normalized spacial score (nSPS) is 20.5. The molecule has 2 aliphatic rings. The van der Waals surface area contributed by atoms with E-state index in [0.717, 1.165) is 55.5 Å². The summed E-state index contributed by atoms with van der Waals surface area (Å²) in [4.78, 5) is 20.7. The quantitative estimate of drug-likeness (QED) is 0.773. The van der Waals surface area contributed by atoms with Crippen molar-refractivity contribution in [1.29, 1.82) is 0 Å². The number of fused-ring (bicyclic) bond motifs is 2. The van der Waals surface area contributed by atoms with Crippen LogP contribution in [0.25, 0.3) is 10.9 Å². The van der Waals surface area contributed by atoms with Gasteiger partial charge in [-0.15, -0.1) is 0 Å². The van der Waals surface area contributed by atoms with Crippen molar-refractivity contribution in [2.24, 2.45) is 0 Å². The van der Waals surface area contributed by atoms with Crippen LogP contribution in [0, 0.1) is 0 Å². The Bertz CT molecular complexity index is 961. The van der Waals surface area contributed by atoms with E-state index >= 15 is 0 Å². The van der Waals surface area contributed by atoms with Crippen LogP contribution in [-0.2, 0) is 13.0 Å². The van der Waals surface area contributed by atoms with Gasteiger partial charge in [0, 0.05) is 49.5 Å². The van der Waals surface area contributed by atoms with E-state index in [1.54, 1.807) is 0 Å². The Kier molecular flexibility index (Phi) is 3.79. The largest absolute Gasteiger partial charge is 0.361 e. The first-order valence-corrected chi connectivity index (χ1v) is 9.45. The maximum absolute atomic E-state index is 12.9. The van der Waals surface area contributed by atoms with Crippen LogP contribution >= 0.6 is 0 Å². The van der Waals surface area contributed by atoms with Gasteiger partial charge in [0.15, 0.2) is 0 Å². The van der Waals surface area contributed by atoms with Crippen molar-refractivity contribution in [1.82, 2.24) is 14.8 Å². The highest BCUT2D eigenvalue weighted by atomic mass is 16.2. The fraction of sp³-hybridized carbons (Fsp3) is 0.318. The first-order valence-electron chi connectivity index (χ1n) is 9.45. The molecule has 3 aromatic rings. The molecule has 1 unspecified atom stereocenters. The number of rotatable bonds is 2. The molecule has 1 atom stereocenters. The van der Waals surface area contributed by atoms with Crippen LogP contribution in [0.3, 0.4) is 0 Å². The number of hydrogen-bond acceptors (Lipinski definition) is 2. The summed E-state index contributed by atoms with van der Waals surface area (Å²) < 4.78 is 0. The fourth-order valence-corrected chi connectivity index (χ4v) is 4.42. The second kappa shape index (κ2) is 6.29. The van der Waals surface area contributed by atoms with Crippen LogP contribution < -0.4 is 0 Å². The molecule has 0 aliphatic carbocycles. The van der Waals surface area contributed by atoms with Gasteiger partial charge >= 0.3 is 0 Å². The molecule has 1 N–H and O–H groups in total. The number of nitrogens with zero attached hydrogens (tertiary/aromatic N) is 2. The minimum absolute atomic E-state index is 0.154. The average Bonchev–Trinajstić information content (AvgIpc) is 3.36. The molecule has 0 spiro atoms. The predicted molar refractivity (Wildman–Crippen MR) is 103 cm³/mol. The van der Waals surface area contributed by atoms with Gasteiger partial charge in [0.1, 0.15) is 0 Å². The first-order chi connectivity index (χ1) is 12.8. The Labute approximate surface area is 153 Å². The summed E-state index contributed by atoms with van der Waals surface area (Å²) in [5.41, 5.74) is 4.73. The Balaban J connectivity index is 1.29. The average molecular weight is 345 g/mol. The highest BCUT2D eigenvalue weighted by Gasteiger charge is 2.32. The van der Waals surface area contributed by atoms with Gasteiger partial charge in [0.05, 0.1) is 0 Å². The SMILES string of the molecule is O=C(c1ccc2cc[nH]c2c1)N1CCC(N2CCc3ccccc3C2)C1. The number of H-pyrrole nitrogens is 1. The summed E-state index contributed by atoms with van der Waals surface area (Å²) in [6.45, 7) is 3.80. The van der Waals surface area contributed by atoms with Crippen molar-refractivity contribution in [2.75, 3.05) is 19.6 Å². The molecule has 132 valence electrons. The summed E-state index contributed by atoms with van der Waals surface area (Å²) in [5, 5.41) is 1.15. The molecule has 0 bridgehead atoms.